The monoisotopic (exact) mass is 418 g/mol. The Labute approximate surface area is 167 Å². The fourth-order valence-corrected chi connectivity index (χ4v) is 3.84. The number of nitrogens with zero attached hydrogens (tertiary/aromatic N) is 1. The van der Waals surface area contributed by atoms with E-state index in [0.717, 1.165) is 11.1 Å². The molecular weight excluding hydrogens is 399 g/mol. The standard InChI is InChI=1S/C19H19FN4O4S/c20-17-2-1-3-18(16(17)9-21)22-6-7-23-19(25)10-24-29(26,27)15-5-4-13-11-28-12-14(13)8-15/h1-5,8,22,24H,6-7,10-12H2,(H,23,25). The van der Waals surface area contributed by atoms with Crippen LogP contribution in [0.3, 0.4) is 0 Å². The van der Waals surface area contributed by atoms with Crippen molar-refractivity contribution in [2.75, 3.05) is 25.0 Å². The minimum absolute atomic E-state index is 0.0753. The molecule has 3 rings (SSSR count). The number of ether oxygens (including phenoxy) is 1. The van der Waals surface area contributed by atoms with Crippen LogP contribution in [-0.4, -0.2) is 34.0 Å². The van der Waals surface area contributed by atoms with Gasteiger partial charge in [-0.25, -0.2) is 17.5 Å². The summed E-state index contributed by atoms with van der Waals surface area (Å²) in [5.41, 5.74) is 1.99. The molecule has 0 bridgehead atoms. The predicted molar refractivity (Wildman–Crippen MR) is 103 cm³/mol. The summed E-state index contributed by atoms with van der Waals surface area (Å²) in [7, 11) is -3.82. The molecule has 2 aromatic carbocycles. The zero-order chi connectivity index (χ0) is 20.9. The van der Waals surface area contributed by atoms with E-state index in [2.05, 4.69) is 15.4 Å². The Kier molecular flexibility index (Phi) is 6.43. The molecule has 1 amide bonds. The van der Waals surface area contributed by atoms with Crippen LogP contribution in [0.4, 0.5) is 10.1 Å². The summed E-state index contributed by atoms with van der Waals surface area (Å²) < 4.78 is 45.7. The van der Waals surface area contributed by atoms with Crippen molar-refractivity contribution < 1.29 is 22.3 Å². The first-order valence-corrected chi connectivity index (χ1v) is 10.3. The lowest BCUT2D eigenvalue weighted by Gasteiger charge is -2.11. The van der Waals surface area contributed by atoms with E-state index < -0.39 is 28.3 Å². The highest BCUT2D eigenvalue weighted by Crippen LogP contribution is 2.23. The number of hydrogen-bond donors (Lipinski definition) is 3. The fraction of sp³-hybridized carbons (Fsp3) is 0.263. The van der Waals surface area contributed by atoms with Crippen molar-refractivity contribution in [3.63, 3.8) is 0 Å². The molecule has 10 heteroatoms. The Morgan fingerprint density at radius 3 is 2.76 bits per heavy atom. The predicted octanol–water partition coefficient (Wildman–Crippen LogP) is 1.23. The van der Waals surface area contributed by atoms with Crippen LogP contribution >= 0.6 is 0 Å². The molecule has 2 aromatic rings. The molecule has 0 saturated heterocycles. The molecule has 8 nitrogen and oxygen atoms in total. The third-order valence-electron chi connectivity index (χ3n) is 4.31. The number of nitrogens with one attached hydrogen (secondary N) is 3. The molecule has 0 saturated carbocycles. The maximum Gasteiger partial charge on any atom is 0.241 e. The summed E-state index contributed by atoms with van der Waals surface area (Å²) in [4.78, 5) is 12.0. The van der Waals surface area contributed by atoms with Gasteiger partial charge in [-0.1, -0.05) is 12.1 Å². The smallest absolute Gasteiger partial charge is 0.241 e. The molecule has 1 aliphatic rings. The summed E-state index contributed by atoms with van der Waals surface area (Å²) in [6.07, 6.45) is 0. The van der Waals surface area contributed by atoms with Crippen molar-refractivity contribution >= 4 is 21.6 Å². The van der Waals surface area contributed by atoms with Crippen LogP contribution in [0.15, 0.2) is 41.3 Å². The highest BCUT2D eigenvalue weighted by atomic mass is 32.2. The number of carbonyl (C=O) groups excluding carboxylic acids is 1. The second-order valence-electron chi connectivity index (χ2n) is 6.30. The largest absolute Gasteiger partial charge is 0.382 e. The van der Waals surface area contributed by atoms with E-state index in [1.165, 1.54) is 24.3 Å². The average molecular weight is 418 g/mol. The van der Waals surface area contributed by atoms with E-state index in [0.29, 0.717) is 18.9 Å². The van der Waals surface area contributed by atoms with Crippen molar-refractivity contribution in [1.82, 2.24) is 10.0 Å². The van der Waals surface area contributed by atoms with Crippen LogP contribution in [0.25, 0.3) is 0 Å². The van der Waals surface area contributed by atoms with Crippen molar-refractivity contribution in [2.24, 2.45) is 0 Å². The number of fused-ring (bicyclic) bond motifs is 1. The van der Waals surface area contributed by atoms with Gasteiger partial charge in [0, 0.05) is 13.1 Å². The second-order valence-corrected chi connectivity index (χ2v) is 8.07. The molecule has 29 heavy (non-hydrogen) atoms. The summed E-state index contributed by atoms with van der Waals surface area (Å²) in [5.74, 6) is -1.14. The Morgan fingerprint density at radius 1 is 1.17 bits per heavy atom. The van der Waals surface area contributed by atoms with Crippen LogP contribution < -0.4 is 15.4 Å². The average Bonchev–Trinajstić information content (AvgIpc) is 3.18. The first kappa shape index (κ1) is 20.7. The normalized spacial score (nSPS) is 12.8. The van der Waals surface area contributed by atoms with Gasteiger partial charge in [-0.2, -0.15) is 5.26 Å². The van der Waals surface area contributed by atoms with Crippen LogP contribution in [0.1, 0.15) is 16.7 Å². The second kappa shape index (κ2) is 9.00. The molecule has 0 radical (unpaired) electrons. The molecule has 0 aliphatic carbocycles. The van der Waals surface area contributed by atoms with Gasteiger partial charge < -0.3 is 15.4 Å². The number of anilines is 1. The number of hydrogen-bond acceptors (Lipinski definition) is 6. The lowest BCUT2D eigenvalue weighted by atomic mass is 10.1. The van der Waals surface area contributed by atoms with Gasteiger partial charge in [-0.05, 0) is 35.4 Å². The zero-order valence-corrected chi connectivity index (χ0v) is 16.2. The van der Waals surface area contributed by atoms with Gasteiger partial charge in [0.15, 0.2) is 0 Å². The van der Waals surface area contributed by atoms with E-state index in [1.54, 1.807) is 18.2 Å². The first-order valence-electron chi connectivity index (χ1n) is 8.79. The van der Waals surface area contributed by atoms with Gasteiger partial charge >= 0.3 is 0 Å². The molecule has 1 aliphatic heterocycles. The van der Waals surface area contributed by atoms with Gasteiger partial charge in [0.25, 0.3) is 0 Å². The zero-order valence-electron chi connectivity index (χ0n) is 15.4. The molecule has 0 spiro atoms. The van der Waals surface area contributed by atoms with E-state index in [9.17, 15) is 17.6 Å². The molecule has 152 valence electrons. The van der Waals surface area contributed by atoms with Crippen molar-refractivity contribution in [2.45, 2.75) is 18.1 Å². The Balaban J connectivity index is 1.45. The Bertz CT molecular complexity index is 1070. The maximum absolute atomic E-state index is 13.5. The van der Waals surface area contributed by atoms with Crippen LogP contribution in [0, 0.1) is 17.1 Å². The van der Waals surface area contributed by atoms with Crippen LogP contribution in [0.5, 0.6) is 0 Å². The first-order chi connectivity index (χ1) is 13.9. The molecule has 3 N–H and O–H groups in total. The quantitative estimate of drug-likeness (QED) is 0.555. The number of rotatable bonds is 8. The van der Waals surface area contributed by atoms with Crippen molar-refractivity contribution in [3.05, 3.63) is 58.9 Å². The van der Waals surface area contributed by atoms with E-state index in [4.69, 9.17) is 10.00 Å². The van der Waals surface area contributed by atoms with Crippen LogP contribution in [-0.2, 0) is 32.8 Å². The third kappa shape index (κ3) is 5.08. The minimum Gasteiger partial charge on any atom is -0.382 e. The summed E-state index contributed by atoms with van der Waals surface area (Å²) >= 11 is 0. The SMILES string of the molecule is N#Cc1c(F)cccc1NCCNC(=O)CNS(=O)(=O)c1ccc2c(c1)COC2. The third-order valence-corrected chi connectivity index (χ3v) is 5.71. The summed E-state index contributed by atoms with van der Waals surface area (Å²) in [5, 5.41) is 14.4. The van der Waals surface area contributed by atoms with Gasteiger partial charge in [-0.3, -0.25) is 4.79 Å². The highest BCUT2D eigenvalue weighted by molar-refractivity contribution is 7.89. The number of sulfonamides is 1. The topological polar surface area (TPSA) is 120 Å². The Morgan fingerprint density at radius 2 is 1.97 bits per heavy atom. The van der Waals surface area contributed by atoms with E-state index in [1.807, 2.05) is 0 Å². The molecule has 0 fully saturated rings. The number of amides is 1. The van der Waals surface area contributed by atoms with Gasteiger partial charge in [0.1, 0.15) is 17.4 Å². The molecule has 1 heterocycles. The van der Waals surface area contributed by atoms with Gasteiger partial charge in [0.2, 0.25) is 15.9 Å². The maximum atomic E-state index is 13.5. The number of halogens is 1. The summed E-state index contributed by atoms with van der Waals surface area (Å²) in [6.45, 7) is 0.814. The molecule has 0 aromatic heterocycles. The molecule has 0 atom stereocenters. The number of carbonyl (C=O) groups is 1. The summed E-state index contributed by atoms with van der Waals surface area (Å²) in [6, 6.07) is 10.7. The lowest BCUT2D eigenvalue weighted by molar-refractivity contribution is -0.119. The number of benzene rings is 2. The van der Waals surface area contributed by atoms with Crippen molar-refractivity contribution in [3.8, 4) is 6.07 Å². The van der Waals surface area contributed by atoms with E-state index >= 15 is 0 Å². The highest BCUT2D eigenvalue weighted by Gasteiger charge is 2.19. The van der Waals surface area contributed by atoms with Gasteiger partial charge in [0.05, 0.1) is 30.3 Å². The van der Waals surface area contributed by atoms with Gasteiger partial charge in [-0.15, -0.1) is 0 Å². The number of nitriles is 1. The van der Waals surface area contributed by atoms with Crippen LogP contribution in [0.2, 0.25) is 0 Å². The minimum atomic E-state index is -3.82. The fourth-order valence-electron chi connectivity index (χ4n) is 2.81. The van der Waals surface area contributed by atoms with E-state index in [-0.39, 0.29) is 23.5 Å². The molecular formula is C19H19FN4O4S. The Hall–Kier alpha value is -3.00. The molecule has 0 unspecified atom stereocenters. The van der Waals surface area contributed by atoms with Crippen molar-refractivity contribution in [1.29, 1.82) is 5.26 Å². The lowest BCUT2D eigenvalue weighted by Crippen LogP contribution is -2.38.